The van der Waals surface area contributed by atoms with Gasteiger partial charge in [0.2, 0.25) is 0 Å². The first-order valence-corrected chi connectivity index (χ1v) is 14.4. The highest BCUT2D eigenvalue weighted by molar-refractivity contribution is 6.15. The highest BCUT2D eigenvalue weighted by Crippen LogP contribution is 2.42. The van der Waals surface area contributed by atoms with Crippen molar-refractivity contribution in [3.63, 3.8) is 0 Å². The maximum absolute atomic E-state index is 6.38. The number of anilines is 3. The summed E-state index contributed by atoms with van der Waals surface area (Å²) in [7, 11) is 0. The third-order valence-electron chi connectivity index (χ3n) is 8.33. The molecule has 0 saturated heterocycles. The summed E-state index contributed by atoms with van der Waals surface area (Å²) in [5.41, 5.74) is 8.82. The Morgan fingerprint density at radius 2 is 1.16 bits per heavy atom. The van der Waals surface area contributed by atoms with Gasteiger partial charge in [-0.25, -0.2) is 0 Å². The van der Waals surface area contributed by atoms with Crippen LogP contribution in [0, 0.1) is 0 Å². The van der Waals surface area contributed by atoms with Crippen LogP contribution in [-0.4, -0.2) is 4.98 Å². The molecule has 0 unspecified atom stereocenters. The summed E-state index contributed by atoms with van der Waals surface area (Å²) in [6, 6.07) is 46.7. The Morgan fingerprint density at radius 3 is 2.12 bits per heavy atom. The Morgan fingerprint density at radius 1 is 0.442 bits per heavy atom. The minimum Gasteiger partial charge on any atom is -0.456 e. The van der Waals surface area contributed by atoms with Gasteiger partial charge >= 0.3 is 0 Å². The van der Waals surface area contributed by atoms with Crippen LogP contribution in [0.1, 0.15) is 0 Å². The predicted molar refractivity (Wildman–Crippen MR) is 176 cm³/mol. The Balaban J connectivity index is 1.29. The van der Waals surface area contributed by atoms with E-state index in [1.54, 1.807) is 6.20 Å². The van der Waals surface area contributed by atoms with Crippen molar-refractivity contribution < 1.29 is 8.83 Å². The summed E-state index contributed by atoms with van der Waals surface area (Å²) < 4.78 is 12.7. The molecule has 0 bridgehead atoms. The van der Waals surface area contributed by atoms with Gasteiger partial charge in [0.05, 0.1) is 6.20 Å². The zero-order valence-corrected chi connectivity index (χ0v) is 23.1. The molecule has 4 heteroatoms. The Kier molecular flexibility index (Phi) is 5.16. The molecular formula is C39H24N2O2. The summed E-state index contributed by atoms with van der Waals surface area (Å²) in [4.78, 5) is 6.57. The smallest absolute Gasteiger partial charge is 0.153 e. The van der Waals surface area contributed by atoms with E-state index in [9.17, 15) is 0 Å². The van der Waals surface area contributed by atoms with E-state index in [-0.39, 0.29) is 0 Å². The molecule has 43 heavy (non-hydrogen) atoms. The molecule has 0 fully saturated rings. The van der Waals surface area contributed by atoms with Crippen LogP contribution >= 0.6 is 0 Å². The Hall–Kier alpha value is -5.87. The zero-order chi connectivity index (χ0) is 28.3. The standard InChI is InChI=1S/C39H24N2O2/c1-2-7-25(8-3-1)27-9-6-10-28(21-27)41(30-16-18-32-31-11-4-5-12-36(31)42-37(32)23-30)29-15-13-26-14-17-34-33-19-20-40-24-38(33)43-39(34)35(26)22-29/h1-24H. The number of rotatable bonds is 4. The van der Waals surface area contributed by atoms with Crippen LogP contribution < -0.4 is 4.90 Å². The van der Waals surface area contributed by atoms with Gasteiger partial charge in [0.25, 0.3) is 0 Å². The predicted octanol–water partition coefficient (Wildman–Crippen LogP) is 11.2. The van der Waals surface area contributed by atoms with E-state index in [2.05, 4.69) is 119 Å². The van der Waals surface area contributed by atoms with E-state index >= 15 is 0 Å². The molecule has 0 saturated carbocycles. The van der Waals surface area contributed by atoms with Gasteiger partial charge in [0, 0.05) is 56.3 Å². The fraction of sp³-hybridized carbons (Fsp3) is 0. The highest BCUT2D eigenvalue weighted by atomic mass is 16.3. The molecule has 202 valence electrons. The first kappa shape index (κ1) is 23.8. The number of furan rings is 2. The monoisotopic (exact) mass is 552 g/mol. The molecule has 9 rings (SSSR count). The first-order valence-electron chi connectivity index (χ1n) is 14.4. The molecule has 0 aliphatic rings. The normalized spacial score (nSPS) is 11.7. The van der Waals surface area contributed by atoms with Crippen molar-refractivity contribution in [2.45, 2.75) is 0 Å². The van der Waals surface area contributed by atoms with Crippen molar-refractivity contribution in [1.29, 1.82) is 0 Å². The van der Waals surface area contributed by atoms with Crippen molar-refractivity contribution in [1.82, 2.24) is 4.98 Å². The molecule has 0 radical (unpaired) electrons. The Labute approximate surface area is 247 Å². The fourth-order valence-electron chi connectivity index (χ4n) is 6.29. The lowest BCUT2D eigenvalue weighted by atomic mass is 10.0. The molecule has 0 aliphatic carbocycles. The summed E-state index contributed by atoms with van der Waals surface area (Å²) in [5.74, 6) is 0. The zero-order valence-electron chi connectivity index (χ0n) is 23.1. The summed E-state index contributed by atoms with van der Waals surface area (Å²) in [5, 5.41) is 6.56. The second-order valence-electron chi connectivity index (χ2n) is 10.9. The lowest BCUT2D eigenvalue weighted by Gasteiger charge is -2.26. The lowest BCUT2D eigenvalue weighted by molar-refractivity contribution is 0.669. The van der Waals surface area contributed by atoms with Crippen LogP contribution in [0.15, 0.2) is 155 Å². The number of fused-ring (bicyclic) bond motifs is 8. The van der Waals surface area contributed by atoms with E-state index in [0.717, 1.165) is 77.3 Å². The average Bonchev–Trinajstić information content (AvgIpc) is 3.64. The summed E-state index contributed by atoms with van der Waals surface area (Å²) in [6.07, 6.45) is 3.60. The van der Waals surface area contributed by atoms with Crippen LogP contribution in [0.3, 0.4) is 0 Å². The van der Waals surface area contributed by atoms with Gasteiger partial charge in [-0.3, -0.25) is 4.98 Å². The minimum atomic E-state index is 0.790. The molecular weight excluding hydrogens is 528 g/mol. The number of nitrogens with zero attached hydrogens (tertiary/aromatic N) is 2. The average molecular weight is 553 g/mol. The number of hydrogen-bond donors (Lipinski definition) is 0. The van der Waals surface area contributed by atoms with E-state index < -0.39 is 0 Å². The number of hydrogen-bond acceptors (Lipinski definition) is 4. The number of benzene rings is 6. The molecule has 3 aromatic heterocycles. The second kappa shape index (κ2) is 9.33. The largest absolute Gasteiger partial charge is 0.456 e. The molecule has 3 heterocycles. The maximum Gasteiger partial charge on any atom is 0.153 e. The molecule has 4 nitrogen and oxygen atoms in total. The quantitative estimate of drug-likeness (QED) is 0.218. The topological polar surface area (TPSA) is 42.4 Å². The number of aromatic nitrogens is 1. The molecule has 0 spiro atoms. The minimum absolute atomic E-state index is 0.790. The molecule has 0 N–H and O–H groups in total. The number of para-hydroxylation sites is 1. The van der Waals surface area contributed by atoms with Gasteiger partial charge in [0.15, 0.2) is 5.58 Å². The van der Waals surface area contributed by atoms with Crippen molar-refractivity contribution >= 4 is 71.7 Å². The Bertz CT molecular complexity index is 2470. The van der Waals surface area contributed by atoms with Crippen LogP contribution in [0.2, 0.25) is 0 Å². The van der Waals surface area contributed by atoms with Gasteiger partial charge in [0.1, 0.15) is 16.7 Å². The molecule has 0 amide bonds. The van der Waals surface area contributed by atoms with Crippen LogP contribution in [0.5, 0.6) is 0 Å². The van der Waals surface area contributed by atoms with Crippen molar-refractivity contribution in [2.24, 2.45) is 0 Å². The van der Waals surface area contributed by atoms with Gasteiger partial charge in [-0.15, -0.1) is 0 Å². The van der Waals surface area contributed by atoms with E-state index in [1.807, 2.05) is 30.5 Å². The fourth-order valence-corrected chi connectivity index (χ4v) is 6.29. The molecule has 9 aromatic rings. The molecule has 0 aliphatic heterocycles. The SMILES string of the molecule is c1ccc(-c2cccc(N(c3ccc4c(c3)oc3ccccc34)c3ccc4ccc5c6ccncc6oc5c4c3)c2)cc1. The van der Waals surface area contributed by atoms with Crippen molar-refractivity contribution in [2.75, 3.05) is 4.90 Å². The molecule has 0 atom stereocenters. The second-order valence-corrected chi connectivity index (χ2v) is 10.9. The van der Waals surface area contributed by atoms with Crippen LogP contribution in [0.25, 0.3) is 65.8 Å². The van der Waals surface area contributed by atoms with Crippen LogP contribution in [-0.2, 0) is 0 Å². The van der Waals surface area contributed by atoms with Crippen LogP contribution in [0.4, 0.5) is 17.1 Å². The first-order chi connectivity index (χ1) is 21.3. The van der Waals surface area contributed by atoms with Gasteiger partial charge in [-0.1, -0.05) is 72.8 Å². The van der Waals surface area contributed by atoms with Gasteiger partial charge in [-0.05, 0) is 71.1 Å². The molecule has 6 aromatic carbocycles. The third-order valence-corrected chi connectivity index (χ3v) is 8.33. The van der Waals surface area contributed by atoms with Gasteiger partial charge in [-0.2, -0.15) is 0 Å². The third kappa shape index (κ3) is 3.81. The van der Waals surface area contributed by atoms with E-state index in [4.69, 9.17) is 8.83 Å². The highest BCUT2D eigenvalue weighted by Gasteiger charge is 2.18. The van der Waals surface area contributed by atoms with E-state index in [0.29, 0.717) is 0 Å². The number of pyridine rings is 1. The van der Waals surface area contributed by atoms with E-state index in [1.165, 1.54) is 5.56 Å². The van der Waals surface area contributed by atoms with Crippen molar-refractivity contribution in [3.8, 4) is 11.1 Å². The lowest BCUT2D eigenvalue weighted by Crippen LogP contribution is -2.10. The van der Waals surface area contributed by atoms with Gasteiger partial charge < -0.3 is 13.7 Å². The van der Waals surface area contributed by atoms with Crippen molar-refractivity contribution in [3.05, 3.63) is 146 Å². The summed E-state index contributed by atoms with van der Waals surface area (Å²) >= 11 is 0. The maximum atomic E-state index is 6.38. The summed E-state index contributed by atoms with van der Waals surface area (Å²) in [6.45, 7) is 0.